The lowest BCUT2D eigenvalue weighted by Gasteiger charge is -2.39. The van der Waals surface area contributed by atoms with Crippen molar-refractivity contribution in [2.24, 2.45) is 11.8 Å². The molecule has 1 saturated heterocycles. The lowest BCUT2D eigenvalue weighted by Crippen LogP contribution is -2.41. The number of nitrogens with zero attached hydrogens (tertiary/aromatic N) is 3. The Balaban J connectivity index is 1.22. The van der Waals surface area contributed by atoms with Crippen LogP contribution in [0.25, 0.3) is 0 Å². The zero-order chi connectivity index (χ0) is 26.9. The fraction of sp³-hybridized carbons (Fsp3) is 0.571. The van der Waals surface area contributed by atoms with Gasteiger partial charge in [-0.25, -0.2) is 4.68 Å². The second-order valence-electron chi connectivity index (χ2n) is 10.7. The third kappa shape index (κ3) is 5.88. The van der Waals surface area contributed by atoms with Crippen LogP contribution < -0.4 is 15.8 Å². The normalized spacial score (nSPS) is 26.1. The first-order chi connectivity index (χ1) is 18.3. The van der Waals surface area contributed by atoms with Gasteiger partial charge < -0.3 is 15.0 Å². The third-order valence-electron chi connectivity index (χ3n) is 8.17. The predicted octanol–water partition coefficient (Wildman–Crippen LogP) is 6.32. The summed E-state index contributed by atoms with van der Waals surface area (Å²) in [4.78, 5) is 15.4. The van der Waals surface area contributed by atoms with Gasteiger partial charge in [-0.15, -0.1) is 6.58 Å². The van der Waals surface area contributed by atoms with Gasteiger partial charge in [0.1, 0.15) is 5.02 Å². The molecule has 5 rings (SSSR count). The SMILES string of the molecule is C=C[C@@H]1CCOC[C@H]1CNc1cnn(C2CCC(N(c3ccc(C(F)(F)F)cc3)C3CC3)CC2)c(=O)c1Cl. The largest absolute Gasteiger partial charge is 0.416 e. The maximum atomic E-state index is 13.1. The van der Waals surface area contributed by atoms with Crippen molar-refractivity contribution in [3.63, 3.8) is 0 Å². The van der Waals surface area contributed by atoms with Crippen LogP contribution >= 0.6 is 11.6 Å². The average Bonchev–Trinajstić information content (AvgIpc) is 3.75. The van der Waals surface area contributed by atoms with Gasteiger partial charge in [-0.05, 0) is 75.1 Å². The molecule has 0 radical (unpaired) electrons. The molecule has 3 aliphatic rings. The summed E-state index contributed by atoms with van der Waals surface area (Å²) in [6.07, 6.45) is 5.45. The van der Waals surface area contributed by atoms with Gasteiger partial charge in [-0.1, -0.05) is 17.7 Å². The Bertz CT molecular complexity index is 1170. The minimum absolute atomic E-state index is 0.0594. The summed E-state index contributed by atoms with van der Waals surface area (Å²) in [6, 6.07) is 6.02. The molecule has 10 heteroatoms. The molecule has 2 heterocycles. The Morgan fingerprint density at radius 1 is 1.11 bits per heavy atom. The summed E-state index contributed by atoms with van der Waals surface area (Å²) in [6.45, 7) is 5.91. The van der Waals surface area contributed by atoms with Crippen LogP contribution in [0.4, 0.5) is 24.5 Å². The van der Waals surface area contributed by atoms with Gasteiger partial charge in [0.2, 0.25) is 0 Å². The molecule has 6 nitrogen and oxygen atoms in total. The maximum Gasteiger partial charge on any atom is 0.416 e. The van der Waals surface area contributed by atoms with E-state index in [-0.39, 0.29) is 28.6 Å². The summed E-state index contributed by atoms with van der Waals surface area (Å²) in [5.41, 5.74) is 0.424. The molecule has 0 bridgehead atoms. The van der Waals surface area contributed by atoms with Crippen LogP contribution in [0.5, 0.6) is 0 Å². The lowest BCUT2D eigenvalue weighted by molar-refractivity contribution is -0.137. The van der Waals surface area contributed by atoms with E-state index in [9.17, 15) is 18.0 Å². The second-order valence-corrected chi connectivity index (χ2v) is 11.0. The second kappa shape index (κ2) is 11.3. The van der Waals surface area contributed by atoms with Crippen molar-refractivity contribution in [1.82, 2.24) is 9.78 Å². The Labute approximate surface area is 225 Å². The monoisotopic (exact) mass is 550 g/mol. The number of allylic oxidation sites excluding steroid dienone is 1. The molecular formula is C28H34ClF3N4O2. The van der Waals surface area contributed by atoms with E-state index in [1.165, 1.54) is 4.68 Å². The molecule has 0 spiro atoms. The molecule has 38 heavy (non-hydrogen) atoms. The van der Waals surface area contributed by atoms with E-state index in [1.807, 2.05) is 6.08 Å². The van der Waals surface area contributed by atoms with Crippen LogP contribution in [0, 0.1) is 11.8 Å². The van der Waals surface area contributed by atoms with Gasteiger partial charge in [-0.2, -0.15) is 18.3 Å². The van der Waals surface area contributed by atoms with Crippen LogP contribution in [0.3, 0.4) is 0 Å². The standard InChI is InChI=1S/C28H34ClF3N4O2/c1-2-18-13-14-38-17-19(18)15-33-25-16-34-36(27(37)26(25)29)24-11-9-23(10-12-24)35(22-7-8-22)21-5-3-20(4-6-21)28(30,31)32/h2-6,16,18-19,22-24,33H,1,7-15,17H2/t18-,19-,23?,24?/m1/s1. The number of hydrogen-bond donors (Lipinski definition) is 1. The number of aromatic nitrogens is 2. The smallest absolute Gasteiger partial charge is 0.382 e. The zero-order valence-electron chi connectivity index (χ0n) is 21.3. The van der Waals surface area contributed by atoms with Crippen LogP contribution in [0.2, 0.25) is 5.02 Å². The molecule has 2 aliphatic carbocycles. The van der Waals surface area contributed by atoms with Gasteiger partial charge in [0, 0.05) is 36.8 Å². The Kier molecular flexibility index (Phi) is 8.05. The summed E-state index contributed by atoms with van der Waals surface area (Å²) >= 11 is 6.48. The fourth-order valence-electron chi connectivity index (χ4n) is 5.88. The van der Waals surface area contributed by atoms with E-state index in [1.54, 1.807) is 18.3 Å². The van der Waals surface area contributed by atoms with Crippen molar-refractivity contribution in [3.8, 4) is 0 Å². The van der Waals surface area contributed by atoms with E-state index < -0.39 is 11.7 Å². The molecule has 0 unspecified atom stereocenters. The van der Waals surface area contributed by atoms with Crippen LogP contribution in [-0.2, 0) is 10.9 Å². The molecule has 1 aromatic heterocycles. The van der Waals surface area contributed by atoms with E-state index in [2.05, 4.69) is 21.9 Å². The summed E-state index contributed by atoms with van der Waals surface area (Å²) in [7, 11) is 0. The minimum atomic E-state index is -4.34. The number of rotatable bonds is 8. The molecule has 0 amide bonds. The first kappa shape index (κ1) is 27.1. The number of halogens is 4. The Morgan fingerprint density at radius 3 is 2.37 bits per heavy atom. The molecule has 1 N–H and O–H groups in total. The fourth-order valence-corrected chi connectivity index (χ4v) is 6.08. The molecule has 2 aromatic rings. The van der Waals surface area contributed by atoms with Crippen molar-refractivity contribution in [2.45, 2.75) is 69.2 Å². The number of benzene rings is 1. The molecule has 3 fully saturated rings. The topological polar surface area (TPSA) is 59.4 Å². The maximum absolute atomic E-state index is 13.1. The van der Waals surface area contributed by atoms with Crippen molar-refractivity contribution in [2.75, 3.05) is 30.0 Å². The Hall–Kier alpha value is -2.52. The van der Waals surface area contributed by atoms with Gasteiger partial charge in [-0.3, -0.25) is 4.79 Å². The summed E-state index contributed by atoms with van der Waals surface area (Å²) < 4.78 is 46.2. The summed E-state index contributed by atoms with van der Waals surface area (Å²) in [5, 5.41) is 7.87. The highest BCUT2D eigenvalue weighted by Crippen LogP contribution is 2.40. The van der Waals surface area contributed by atoms with Gasteiger partial charge in [0.05, 0.1) is 30.1 Å². The molecule has 2 saturated carbocycles. The van der Waals surface area contributed by atoms with Gasteiger partial charge >= 0.3 is 6.18 Å². The van der Waals surface area contributed by atoms with Crippen LogP contribution in [0.1, 0.15) is 56.6 Å². The first-order valence-corrected chi connectivity index (χ1v) is 13.8. The summed E-state index contributed by atoms with van der Waals surface area (Å²) in [5.74, 6) is 0.616. The first-order valence-electron chi connectivity index (χ1n) is 13.4. The molecular weight excluding hydrogens is 517 g/mol. The number of nitrogens with one attached hydrogen (secondary N) is 1. The van der Waals surface area contributed by atoms with E-state index in [4.69, 9.17) is 16.3 Å². The molecule has 1 aliphatic heterocycles. The number of ether oxygens (including phenoxy) is 1. The van der Waals surface area contributed by atoms with E-state index in [0.29, 0.717) is 30.8 Å². The quantitative estimate of drug-likeness (QED) is 0.390. The van der Waals surface area contributed by atoms with Gasteiger partial charge in [0.25, 0.3) is 5.56 Å². The van der Waals surface area contributed by atoms with Crippen LogP contribution in [-0.4, -0.2) is 41.6 Å². The van der Waals surface area contributed by atoms with Gasteiger partial charge in [0.15, 0.2) is 0 Å². The highest BCUT2D eigenvalue weighted by molar-refractivity contribution is 6.32. The lowest BCUT2D eigenvalue weighted by atomic mass is 9.88. The van der Waals surface area contributed by atoms with E-state index >= 15 is 0 Å². The van der Waals surface area contributed by atoms with E-state index in [0.717, 1.165) is 69.4 Å². The van der Waals surface area contributed by atoms with Crippen LogP contribution in [0.15, 0.2) is 47.9 Å². The number of anilines is 2. The Morgan fingerprint density at radius 2 is 1.76 bits per heavy atom. The minimum Gasteiger partial charge on any atom is -0.382 e. The van der Waals surface area contributed by atoms with Crippen molar-refractivity contribution in [3.05, 3.63) is 64.1 Å². The number of alkyl halides is 3. The number of hydrogen-bond acceptors (Lipinski definition) is 5. The third-order valence-corrected chi connectivity index (χ3v) is 8.54. The highest BCUT2D eigenvalue weighted by atomic mass is 35.5. The zero-order valence-corrected chi connectivity index (χ0v) is 22.1. The molecule has 1 aromatic carbocycles. The van der Waals surface area contributed by atoms with Crippen molar-refractivity contribution in [1.29, 1.82) is 0 Å². The predicted molar refractivity (Wildman–Crippen MR) is 143 cm³/mol. The van der Waals surface area contributed by atoms with Crippen molar-refractivity contribution >= 4 is 23.0 Å². The highest BCUT2D eigenvalue weighted by Gasteiger charge is 2.37. The molecule has 2 atom stereocenters. The average molecular weight is 551 g/mol. The van der Waals surface area contributed by atoms with Crippen molar-refractivity contribution < 1.29 is 17.9 Å². The molecule has 206 valence electrons.